The fourth-order valence-corrected chi connectivity index (χ4v) is 1.59. The van der Waals surface area contributed by atoms with Crippen LogP contribution in [-0.2, 0) is 0 Å². The average molecular weight is 238 g/mol. The number of aromatic hydroxyl groups is 1. The Hall–Kier alpha value is -1.75. The highest BCUT2D eigenvalue weighted by Crippen LogP contribution is 2.20. The summed E-state index contributed by atoms with van der Waals surface area (Å²) >= 11 is 0. The van der Waals surface area contributed by atoms with Gasteiger partial charge in [0.15, 0.2) is 0 Å². The fraction of sp³-hybridized carbons (Fsp3) is 0.417. The number of benzene rings is 1. The lowest BCUT2D eigenvalue weighted by Crippen LogP contribution is -2.39. The van der Waals surface area contributed by atoms with E-state index in [4.69, 9.17) is 10.8 Å². The summed E-state index contributed by atoms with van der Waals surface area (Å²) < 4.78 is 0. The van der Waals surface area contributed by atoms with E-state index < -0.39 is 0 Å². The number of carbonyl (C=O) groups is 1. The number of anilines is 1. The van der Waals surface area contributed by atoms with Gasteiger partial charge in [-0.2, -0.15) is 0 Å². The van der Waals surface area contributed by atoms with Crippen LogP contribution in [0.15, 0.2) is 18.2 Å². The van der Waals surface area contributed by atoms with Crippen LogP contribution in [0.3, 0.4) is 0 Å². The summed E-state index contributed by atoms with van der Waals surface area (Å²) in [5.74, 6) is -0.294. The summed E-state index contributed by atoms with van der Waals surface area (Å²) in [4.78, 5) is 13.7. The molecule has 1 aromatic carbocycles. The SMILES string of the molecule is CC(C)N(CCO)C(=O)c1cc(O)ccc1N. The maximum absolute atomic E-state index is 12.2. The number of rotatable bonds is 4. The molecule has 1 aromatic rings. The van der Waals surface area contributed by atoms with Crippen molar-refractivity contribution in [3.8, 4) is 5.75 Å². The van der Waals surface area contributed by atoms with Crippen molar-refractivity contribution in [3.63, 3.8) is 0 Å². The second-order valence-corrected chi connectivity index (χ2v) is 4.09. The van der Waals surface area contributed by atoms with E-state index in [0.29, 0.717) is 5.69 Å². The van der Waals surface area contributed by atoms with Crippen LogP contribution in [0.1, 0.15) is 24.2 Å². The second-order valence-electron chi connectivity index (χ2n) is 4.09. The Morgan fingerprint density at radius 3 is 2.65 bits per heavy atom. The summed E-state index contributed by atoms with van der Waals surface area (Å²) in [6.45, 7) is 3.84. The van der Waals surface area contributed by atoms with Gasteiger partial charge in [0.2, 0.25) is 0 Å². The number of hydrogen-bond donors (Lipinski definition) is 3. The summed E-state index contributed by atoms with van der Waals surface area (Å²) in [5.41, 5.74) is 6.28. The Morgan fingerprint density at radius 2 is 2.12 bits per heavy atom. The van der Waals surface area contributed by atoms with Crippen molar-refractivity contribution in [1.29, 1.82) is 0 Å². The lowest BCUT2D eigenvalue weighted by Gasteiger charge is -2.26. The maximum atomic E-state index is 12.2. The molecule has 0 fully saturated rings. The van der Waals surface area contributed by atoms with E-state index in [1.165, 1.54) is 23.1 Å². The van der Waals surface area contributed by atoms with Crippen molar-refractivity contribution in [3.05, 3.63) is 23.8 Å². The van der Waals surface area contributed by atoms with Crippen LogP contribution in [0.4, 0.5) is 5.69 Å². The van der Waals surface area contributed by atoms with Crippen LogP contribution in [0.5, 0.6) is 5.75 Å². The van der Waals surface area contributed by atoms with Crippen molar-refractivity contribution in [2.75, 3.05) is 18.9 Å². The average Bonchev–Trinajstić information content (AvgIpc) is 2.28. The Bertz CT molecular complexity index is 405. The number of amides is 1. The molecule has 0 aromatic heterocycles. The summed E-state index contributed by atoms with van der Waals surface area (Å²) in [6, 6.07) is 4.21. The maximum Gasteiger partial charge on any atom is 0.256 e. The lowest BCUT2D eigenvalue weighted by atomic mass is 10.1. The zero-order valence-electron chi connectivity index (χ0n) is 10.1. The number of carbonyl (C=O) groups excluding carboxylic acids is 1. The van der Waals surface area contributed by atoms with Crippen LogP contribution in [0.2, 0.25) is 0 Å². The highest BCUT2D eigenvalue weighted by molar-refractivity contribution is 5.99. The number of aliphatic hydroxyl groups is 1. The summed E-state index contributed by atoms with van der Waals surface area (Å²) in [5, 5.41) is 18.3. The van der Waals surface area contributed by atoms with Crippen molar-refractivity contribution in [2.24, 2.45) is 0 Å². The van der Waals surface area contributed by atoms with E-state index in [9.17, 15) is 9.90 Å². The molecule has 17 heavy (non-hydrogen) atoms. The monoisotopic (exact) mass is 238 g/mol. The van der Waals surface area contributed by atoms with Gasteiger partial charge >= 0.3 is 0 Å². The molecule has 0 aliphatic carbocycles. The minimum atomic E-state index is -0.289. The highest BCUT2D eigenvalue weighted by atomic mass is 16.3. The number of nitrogens with two attached hydrogens (primary N) is 1. The largest absolute Gasteiger partial charge is 0.508 e. The molecule has 0 heterocycles. The first-order chi connectivity index (χ1) is 7.97. The molecule has 0 aliphatic rings. The first kappa shape index (κ1) is 13.3. The summed E-state index contributed by atoms with van der Waals surface area (Å²) in [6.07, 6.45) is 0. The van der Waals surface area contributed by atoms with Crippen LogP contribution >= 0.6 is 0 Å². The molecule has 0 bridgehead atoms. The van der Waals surface area contributed by atoms with Gasteiger partial charge in [-0.1, -0.05) is 0 Å². The van der Waals surface area contributed by atoms with Gasteiger partial charge in [0.25, 0.3) is 5.91 Å². The molecule has 0 saturated heterocycles. The number of phenolic OH excluding ortho intramolecular Hbond substituents is 1. The third-order valence-electron chi connectivity index (χ3n) is 2.49. The minimum Gasteiger partial charge on any atom is -0.508 e. The van der Waals surface area contributed by atoms with E-state index in [-0.39, 0.29) is 36.4 Å². The van der Waals surface area contributed by atoms with Gasteiger partial charge < -0.3 is 20.8 Å². The van der Waals surface area contributed by atoms with Gasteiger partial charge in [-0.3, -0.25) is 4.79 Å². The molecule has 0 saturated carbocycles. The normalized spacial score (nSPS) is 10.6. The predicted molar refractivity (Wildman–Crippen MR) is 65.8 cm³/mol. The number of nitrogens with zero attached hydrogens (tertiary/aromatic N) is 1. The molecule has 0 radical (unpaired) electrons. The molecule has 0 spiro atoms. The fourth-order valence-electron chi connectivity index (χ4n) is 1.59. The molecule has 1 rings (SSSR count). The Kier molecular flexibility index (Phi) is 4.34. The molecule has 0 atom stereocenters. The zero-order valence-corrected chi connectivity index (χ0v) is 10.1. The van der Waals surface area contributed by atoms with E-state index in [1.807, 2.05) is 13.8 Å². The van der Waals surface area contributed by atoms with Crippen molar-refractivity contribution in [2.45, 2.75) is 19.9 Å². The third kappa shape index (κ3) is 3.10. The van der Waals surface area contributed by atoms with Crippen LogP contribution < -0.4 is 5.73 Å². The molecule has 5 nitrogen and oxygen atoms in total. The van der Waals surface area contributed by atoms with Crippen LogP contribution in [-0.4, -0.2) is 40.2 Å². The van der Waals surface area contributed by atoms with Gasteiger partial charge in [-0.25, -0.2) is 0 Å². The van der Waals surface area contributed by atoms with Gasteiger partial charge in [0, 0.05) is 18.3 Å². The number of hydrogen-bond acceptors (Lipinski definition) is 4. The number of phenols is 1. The minimum absolute atomic E-state index is 0.00439. The van der Waals surface area contributed by atoms with E-state index in [1.54, 1.807) is 0 Å². The molecule has 5 heteroatoms. The third-order valence-corrected chi connectivity index (χ3v) is 2.49. The van der Waals surface area contributed by atoms with Crippen molar-refractivity contribution < 1.29 is 15.0 Å². The van der Waals surface area contributed by atoms with Crippen molar-refractivity contribution in [1.82, 2.24) is 4.90 Å². The van der Waals surface area contributed by atoms with E-state index in [0.717, 1.165) is 0 Å². The van der Waals surface area contributed by atoms with Gasteiger partial charge in [-0.15, -0.1) is 0 Å². The van der Waals surface area contributed by atoms with E-state index in [2.05, 4.69) is 0 Å². The topological polar surface area (TPSA) is 86.8 Å². The molecular weight excluding hydrogens is 220 g/mol. The second kappa shape index (κ2) is 5.54. The molecule has 94 valence electrons. The standard InChI is InChI=1S/C12H18N2O3/c1-8(2)14(5-6-15)12(17)10-7-9(16)3-4-11(10)13/h3-4,7-8,15-16H,5-6,13H2,1-2H3. The Morgan fingerprint density at radius 1 is 1.47 bits per heavy atom. The predicted octanol–water partition coefficient (Wildman–Crippen LogP) is 0.817. The van der Waals surface area contributed by atoms with Gasteiger partial charge in [0.1, 0.15) is 5.75 Å². The molecular formula is C12H18N2O3. The van der Waals surface area contributed by atoms with Gasteiger partial charge in [-0.05, 0) is 32.0 Å². The Balaban J connectivity index is 3.04. The highest BCUT2D eigenvalue weighted by Gasteiger charge is 2.20. The van der Waals surface area contributed by atoms with Crippen LogP contribution in [0, 0.1) is 0 Å². The summed E-state index contributed by atoms with van der Waals surface area (Å²) in [7, 11) is 0. The van der Waals surface area contributed by atoms with Crippen LogP contribution in [0.25, 0.3) is 0 Å². The smallest absolute Gasteiger partial charge is 0.256 e. The molecule has 1 amide bonds. The molecule has 0 aliphatic heterocycles. The van der Waals surface area contributed by atoms with Crippen molar-refractivity contribution >= 4 is 11.6 Å². The molecule has 0 unspecified atom stereocenters. The Labute approximate surface area is 100 Å². The number of aliphatic hydroxyl groups excluding tert-OH is 1. The lowest BCUT2D eigenvalue weighted by molar-refractivity contribution is 0.0666. The molecule has 4 N–H and O–H groups in total. The number of nitrogen functional groups attached to an aromatic ring is 1. The van der Waals surface area contributed by atoms with E-state index >= 15 is 0 Å². The van der Waals surface area contributed by atoms with Gasteiger partial charge in [0.05, 0.1) is 12.2 Å². The first-order valence-corrected chi connectivity index (χ1v) is 5.47. The first-order valence-electron chi connectivity index (χ1n) is 5.47. The quantitative estimate of drug-likeness (QED) is 0.535. The zero-order chi connectivity index (χ0) is 13.0.